The number of thiol groups is 1. The third-order valence-corrected chi connectivity index (χ3v) is 20.6. The summed E-state index contributed by atoms with van der Waals surface area (Å²) in [6, 6.07) is 27.6. The zero-order valence-corrected chi connectivity index (χ0v) is 51.4. The number of aromatic nitrogens is 1. The molecule has 6 aromatic rings. The number of sulfonamides is 1. The van der Waals surface area contributed by atoms with Crippen molar-refractivity contribution >= 4 is 90.4 Å². The summed E-state index contributed by atoms with van der Waals surface area (Å²) in [5.41, 5.74) is 1.63. The number of rotatable bonds is 23. The second-order valence-corrected chi connectivity index (χ2v) is 28.9. The predicted octanol–water partition coefficient (Wildman–Crippen LogP) is 10.8. The fourth-order valence-corrected chi connectivity index (χ4v) is 15.8. The van der Waals surface area contributed by atoms with Crippen molar-refractivity contribution in [3.05, 3.63) is 137 Å². The van der Waals surface area contributed by atoms with Crippen LogP contribution >= 0.6 is 31.0 Å². The molecular weight excluding hydrogens is 1220 g/mol. The van der Waals surface area contributed by atoms with Gasteiger partial charge in [-0.15, -0.1) is 11.8 Å². The summed E-state index contributed by atoms with van der Waals surface area (Å²) < 4.78 is 164. The average molecular weight is 1280 g/mol. The molecule has 2 saturated heterocycles. The minimum atomic E-state index is -5.21. The van der Waals surface area contributed by atoms with Crippen LogP contribution < -0.4 is 18.8 Å². The Kier molecular flexibility index (Phi) is 20.7. The number of benzene rings is 5. The van der Waals surface area contributed by atoms with Crippen LogP contribution in [-0.2, 0) is 51.0 Å². The SMILES string of the molecule is Cc1c(S(C)(=O)=O)c(-c2cc(F)cc(N3CCN(c4ccc(NS(=O)(=O)c5ccc(N(C(CCN6CCC(C(=O)OCCCP(=O)(O)O)CC6)CSc6ccccc6)[SH](=O)=O)c(C(F)(F)F)c5)cc4)CC3)c2)c(-c2ccc(Cl)cc2)n1C(C)C. The Bertz CT molecular complexity index is 3660. The van der Waals surface area contributed by atoms with E-state index >= 15 is 17.6 Å². The zero-order chi connectivity index (χ0) is 60.9. The third-order valence-electron chi connectivity index (χ3n) is 14.8. The van der Waals surface area contributed by atoms with Crippen LogP contribution in [0.2, 0.25) is 5.02 Å². The molecule has 0 radical (unpaired) electrons. The van der Waals surface area contributed by atoms with Gasteiger partial charge in [-0.3, -0.25) is 18.4 Å². The Labute approximate surface area is 498 Å². The maximum absolute atomic E-state index is 15.8. The Morgan fingerprint density at radius 2 is 1.49 bits per heavy atom. The van der Waals surface area contributed by atoms with E-state index in [1.165, 1.54) is 36.0 Å². The molecule has 2 fully saturated rings. The van der Waals surface area contributed by atoms with Crippen molar-refractivity contribution in [3.63, 3.8) is 0 Å². The summed E-state index contributed by atoms with van der Waals surface area (Å²) in [7, 11) is -16.5. The highest BCUT2D eigenvalue weighted by Crippen LogP contribution is 2.46. The lowest BCUT2D eigenvalue weighted by molar-refractivity contribution is -0.150. The largest absolute Gasteiger partial charge is 0.465 e. The summed E-state index contributed by atoms with van der Waals surface area (Å²) in [5.74, 6) is -1.51. The molecule has 0 spiro atoms. The number of sulfone groups is 1. The zero-order valence-electron chi connectivity index (χ0n) is 46.4. The van der Waals surface area contributed by atoms with E-state index in [9.17, 15) is 34.6 Å². The summed E-state index contributed by atoms with van der Waals surface area (Å²) in [5, 5.41) is 0.497. The van der Waals surface area contributed by atoms with E-state index in [4.69, 9.17) is 26.1 Å². The topological polar surface area (TPSA) is 216 Å². The summed E-state index contributed by atoms with van der Waals surface area (Å²) in [6.07, 6.45) is -3.69. The number of piperidine rings is 1. The number of anilines is 4. The third kappa shape index (κ3) is 16.1. The van der Waals surface area contributed by atoms with E-state index in [0.717, 1.165) is 23.3 Å². The Balaban J connectivity index is 0.956. The number of esters is 1. The van der Waals surface area contributed by atoms with Gasteiger partial charge in [0, 0.05) is 89.0 Å². The van der Waals surface area contributed by atoms with Gasteiger partial charge in [-0.1, -0.05) is 41.9 Å². The minimum absolute atomic E-state index is 0.00442. The summed E-state index contributed by atoms with van der Waals surface area (Å²) in [6.45, 7) is 8.23. The number of carbonyl (C=O) groups excluding carboxylic acids is 1. The maximum Gasteiger partial charge on any atom is 0.418 e. The van der Waals surface area contributed by atoms with E-state index in [0.29, 0.717) is 107 Å². The normalized spacial score (nSPS) is 15.4. The lowest BCUT2D eigenvalue weighted by atomic mass is 9.96. The molecule has 1 unspecified atom stereocenters. The lowest BCUT2D eigenvalue weighted by Crippen LogP contribution is -2.46. The van der Waals surface area contributed by atoms with Gasteiger partial charge in [0.2, 0.25) is 10.9 Å². The van der Waals surface area contributed by atoms with E-state index in [2.05, 4.69) is 4.72 Å². The van der Waals surface area contributed by atoms with Crippen LogP contribution in [0.4, 0.5) is 40.3 Å². The molecule has 8 rings (SSSR count). The molecule has 3 heterocycles. The number of hydrogen-bond acceptors (Lipinski definition) is 13. The first kappa shape index (κ1) is 64.4. The minimum Gasteiger partial charge on any atom is -0.465 e. The smallest absolute Gasteiger partial charge is 0.418 e. The van der Waals surface area contributed by atoms with Crippen molar-refractivity contribution < 1.29 is 66.7 Å². The number of thioether (sulfide) groups is 1. The van der Waals surface area contributed by atoms with E-state index in [-0.39, 0.29) is 48.4 Å². The van der Waals surface area contributed by atoms with Gasteiger partial charge < -0.3 is 33.8 Å². The molecule has 3 N–H and O–H groups in total. The number of alkyl halides is 3. The van der Waals surface area contributed by atoms with Gasteiger partial charge in [-0.05, 0) is 156 Å². The van der Waals surface area contributed by atoms with Gasteiger partial charge in [0.05, 0.1) is 51.5 Å². The molecule has 5 aromatic carbocycles. The standard InChI is InChI=1S/C57H66ClF4N6O11PS4/c1-38(2)67-39(3)55(83(4,75)76)53(54(67)40-11-13-43(58)14-12-40)42-33-44(59)35-48(34-42)66-29-27-65(28-30-66)46-17-15-45(16-18-46)63-84(77,78)50-19-20-52(51(36-50)57(60,61)62)68(82(73)74)47(37-81-49-9-6-5-7-10-49)23-26-64-24-21-41(22-25-64)56(69)79-31-8-32-80(70,71)72/h5-7,9-20,33-36,38,41,47,63,82H,8,21-32,37H2,1-4H3,(H2,70,71,72). The van der Waals surface area contributed by atoms with Crippen molar-refractivity contribution in [2.24, 2.45) is 5.92 Å². The van der Waals surface area contributed by atoms with Crippen molar-refractivity contribution in [2.75, 3.05) is 89.4 Å². The second-order valence-electron chi connectivity index (χ2n) is 21.1. The van der Waals surface area contributed by atoms with Crippen LogP contribution in [-0.4, -0.2) is 127 Å². The number of likely N-dealkylation sites (tertiary alicyclic amines) is 1. The monoisotopic (exact) mass is 1280 g/mol. The highest BCUT2D eigenvalue weighted by atomic mass is 35.5. The number of nitrogens with one attached hydrogen (secondary N) is 1. The fourth-order valence-electron chi connectivity index (χ4n) is 10.8. The van der Waals surface area contributed by atoms with Gasteiger partial charge in [0.15, 0.2) is 9.84 Å². The first-order valence-electron chi connectivity index (χ1n) is 27.0. The quantitative estimate of drug-likeness (QED) is 0.0117. The molecule has 0 amide bonds. The molecule has 27 heteroatoms. The van der Waals surface area contributed by atoms with Crippen molar-refractivity contribution in [1.29, 1.82) is 0 Å². The number of carbonyl (C=O) groups is 1. The van der Waals surface area contributed by atoms with Crippen LogP contribution in [0, 0.1) is 18.7 Å². The molecular formula is C57H66ClF4N6O11PS4. The number of piperazine rings is 1. The van der Waals surface area contributed by atoms with E-state index in [1.807, 2.05) is 33.1 Å². The molecule has 2 aliphatic heterocycles. The summed E-state index contributed by atoms with van der Waals surface area (Å²) >= 11 is 7.49. The van der Waals surface area contributed by atoms with Crippen LogP contribution in [0.5, 0.6) is 0 Å². The van der Waals surface area contributed by atoms with Crippen molar-refractivity contribution in [1.82, 2.24) is 9.47 Å². The van der Waals surface area contributed by atoms with E-state index in [1.54, 1.807) is 79.7 Å². The van der Waals surface area contributed by atoms with Crippen LogP contribution in [0.1, 0.15) is 56.8 Å². The fraction of sp³-hybridized carbons (Fsp3) is 0.386. The number of nitrogens with zero attached hydrogens (tertiary/aromatic N) is 5. The van der Waals surface area contributed by atoms with Crippen LogP contribution in [0.3, 0.4) is 0 Å². The van der Waals surface area contributed by atoms with Gasteiger partial charge >= 0.3 is 19.7 Å². The second kappa shape index (κ2) is 27.0. The molecule has 0 bridgehead atoms. The lowest BCUT2D eigenvalue weighted by Gasteiger charge is -2.37. The molecule has 0 saturated carbocycles. The highest BCUT2D eigenvalue weighted by Gasteiger charge is 2.39. The van der Waals surface area contributed by atoms with Gasteiger partial charge in [0.25, 0.3) is 10.0 Å². The number of ether oxygens (including phenoxy) is 1. The molecule has 17 nitrogen and oxygen atoms in total. The first-order chi connectivity index (χ1) is 39.6. The summed E-state index contributed by atoms with van der Waals surface area (Å²) in [4.78, 5) is 36.9. The Morgan fingerprint density at radius 3 is 2.07 bits per heavy atom. The first-order valence-corrected chi connectivity index (χ1v) is 34.6. The molecule has 1 aromatic heterocycles. The van der Waals surface area contributed by atoms with Crippen LogP contribution in [0.15, 0.2) is 130 Å². The Hall–Kier alpha value is -5.63. The molecule has 2 aliphatic rings. The predicted molar refractivity (Wildman–Crippen MR) is 322 cm³/mol. The molecule has 84 heavy (non-hydrogen) atoms. The Morgan fingerprint density at radius 1 is 0.857 bits per heavy atom. The van der Waals surface area contributed by atoms with Gasteiger partial charge in [0.1, 0.15) is 5.82 Å². The van der Waals surface area contributed by atoms with E-state index < -0.39 is 90.6 Å². The number of hydrogen-bond donors (Lipinski definition) is 4. The van der Waals surface area contributed by atoms with Crippen LogP contribution in [0.25, 0.3) is 22.4 Å². The van der Waals surface area contributed by atoms with Gasteiger partial charge in [-0.25, -0.2) is 29.6 Å². The average Bonchev–Trinajstić information content (AvgIpc) is 2.75. The highest BCUT2D eigenvalue weighted by molar-refractivity contribution is 7.99. The van der Waals surface area contributed by atoms with Crippen molar-refractivity contribution in [3.8, 4) is 22.4 Å². The molecule has 454 valence electrons. The molecule has 1 atom stereocenters. The van der Waals surface area contributed by atoms with Crippen molar-refractivity contribution in [2.45, 2.75) is 79.4 Å². The van der Waals surface area contributed by atoms with Gasteiger partial charge in [-0.2, -0.15) is 13.2 Å². The maximum atomic E-state index is 15.8. The molecule has 0 aliphatic carbocycles. The number of halogens is 5.